The number of esters is 1. The molecule has 1 aromatic heterocycles. The number of nitrogens with zero attached hydrogens (tertiary/aromatic N) is 2. The van der Waals surface area contributed by atoms with Gasteiger partial charge in [0.25, 0.3) is 5.89 Å². The minimum absolute atomic E-state index is 0.365. The van der Waals surface area contributed by atoms with Crippen molar-refractivity contribution in [2.75, 3.05) is 7.11 Å². The Labute approximate surface area is 141 Å². The Morgan fingerprint density at radius 2 is 2.00 bits per heavy atom. The fourth-order valence-corrected chi connectivity index (χ4v) is 2.68. The fourth-order valence-electron chi connectivity index (χ4n) is 2.23. The Kier molecular flexibility index (Phi) is 4.25. The van der Waals surface area contributed by atoms with E-state index >= 15 is 0 Å². The molecule has 0 bridgehead atoms. The van der Waals surface area contributed by atoms with Gasteiger partial charge in [-0.05, 0) is 52.7 Å². The number of ether oxygens (including phenoxy) is 1. The topological polar surface area (TPSA) is 65.2 Å². The zero-order chi connectivity index (χ0) is 16.4. The van der Waals surface area contributed by atoms with Crippen LogP contribution in [0.2, 0.25) is 0 Å². The van der Waals surface area contributed by atoms with E-state index in [1.807, 2.05) is 37.3 Å². The zero-order valence-electron chi connectivity index (χ0n) is 12.5. The Hall–Kier alpha value is -2.47. The highest BCUT2D eigenvalue weighted by Crippen LogP contribution is 2.28. The minimum Gasteiger partial charge on any atom is -0.465 e. The number of aryl methyl sites for hydroxylation is 1. The maximum atomic E-state index is 11.6. The third-order valence-corrected chi connectivity index (χ3v) is 4.11. The van der Waals surface area contributed by atoms with E-state index in [1.165, 1.54) is 7.11 Å². The summed E-state index contributed by atoms with van der Waals surface area (Å²) in [7, 11) is 1.36. The number of methoxy groups -OCH3 is 1. The number of hydrogen-bond acceptors (Lipinski definition) is 5. The molecule has 0 aliphatic carbocycles. The SMILES string of the molecule is COC(=O)c1ccc(-c2noc(-c3ccccc3Br)n2)cc1C. The molecule has 0 N–H and O–H groups in total. The molecular weight excluding hydrogens is 360 g/mol. The van der Waals surface area contributed by atoms with Crippen LogP contribution in [0.25, 0.3) is 22.8 Å². The molecule has 23 heavy (non-hydrogen) atoms. The molecule has 0 unspecified atom stereocenters. The van der Waals surface area contributed by atoms with Crippen molar-refractivity contribution in [3.05, 3.63) is 58.1 Å². The molecule has 5 nitrogen and oxygen atoms in total. The van der Waals surface area contributed by atoms with Crippen molar-refractivity contribution in [3.63, 3.8) is 0 Å². The predicted molar refractivity (Wildman–Crippen MR) is 88.9 cm³/mol. The van der Waals surface area contributed by atoms with Crippen molar-refractivity contribution >= 4 is 21.9 Å². The van der Waals surface area contributed by atoms with Crippen molar-refractivity contribution in [1.29, 1.82) is 0 Å². The van der Waals surface area contributed by atoms with E-state index in [4.69, 9.17) is 9.26 Å². The van der Waals surface area contributed by atoms with Gasteiger partial charge in [-0.2, -0.15) is 4.98 Å². The average molecular weight is 373 g/mol. The number of halogens is 1. The number of aromatic nitrogens is 2. The lowest BCUT2D eigenvalue weighted by Crippen LogP contribution is -2.03. The van der Waals surface area contributed by atoms with Crippen LogP contribution in [-0.4, -0.2) is 23.2 Å². The van der Waals surface area contributed by atoms with Gasteiger partial charge in [0.1, 0.15) is 0 Å². The Morgan fingerprint density at radius 3 is 2.70 bits per heavy atom. The molecule has 0 amide bonds. The van der Waals surface area contributed by atoms with Gasteiger partial charge >= 0.3 is 5.97 Å². The summed E-state index contributed by atoms with van der Waals surface area (Å²) in [5.41, 5.74) is 2.92. The van der Waals surface area contributed by atoms with Gasteiger partial charge in [-0.1, -0.05) is 23.4 Å². The smallest absolute Gasteiger partial charge is 0.338 e. The summed E-state index contributed by atoms with van der Waals surface area (Å²) in [6.07, 6.45) is 0. The first-order valence-electron chi connectivity index (χ1n) is 6.88. The fraction of sp³-hybridized carbons (Fsp3) is 0.118. The molecule has 3 rings (SSSR count). The van der Waals surface area contributed by atoms with Crippen molar-refractivity contribution in [2.24, 2.45) is 0 Å². The molecule has 0 aliphatic heterocycles. The molecule has 6 heteroatoms. The molecule has 0 fully saturated rings. The highest BCUT2D eigenvalue weighted by atomic mass is 79.9. The van der Waals surface area contributed by atoms with Gasteiger partial charge in [0.15, 0.2) is 0 Å². The van der Waals surface area contributed by atoms with E-state index in [0.29, 0.717) is 17.3 Å². The highest BCUT2D eigenvalue weighted by molar-refractivity contribution is 9.10. The quantitative estimate of drug-likeness (QED) is 0.642. The summed E-state index contributed by atoms with van der Waals surface area (Å²) in [4.78, 5) is 16.1. The van der Waals surface area contributed by atoms with Gasteiger partial charge in [0.2, 0.25) is 5.82 Å². The number of hydrogen-bond donors (Lipinski definition) is 0. The van der Waals surface area contributed by atoms with Gasteiger partial charge in [-0.15, -0.1) is 0 Å². The van der Waals surface area contributed by atoms with Gasteiger partial charge in [-0.25, -0.2) is 4.79 Å². The molecular formula is C17H13BrN2O3. The summed E-state index contributed by atoms with van der Waals surface area (Å²) in [5, 5.41) is 4.02. The van der Waals surface area contributed by atoms with Gasteiger partial charge in [0, 0.05) is 10.0 Å². The standard InChI is InChI=1S/C17H13BrN2O3/c1-10-9-11(7-8-12(10)17(21)22-2)15-19-16(23-20-15)13-5-3-4-6-14(13)18/h3-9H,1-2H3. The molecule has 0 saturated heterocycles. The van der Waals surface area contributed by atoms with E-state index in [0.717, 1.165) is 21.2 Å². The second-order valence-corrected chi connectivity index (χ2v) is 5.78. The molecule has 3 aromatic rings. The maximum absolute atomic E-state index is 11.6. The zero-order valence-corrected chi connectivity index (χ0v) is 14.1. The Balaban J connectivity index is 1.96. The van der Waals surface area contributed by atoms with Crippen molar-refractivity contribution < 1.29 is 14.1 Å². The van der Waals surface area contributed by atoms with Crippen LogP contribution >= 0.6 is 15.9 Å². The van der Waals surface area contributed by atoms with Gasteiger partial charge in [-0.3, -0.25) is 0 Å². The molecule has 2 aromatic carbocycles. The normalized spacial score (nSPS) is 10.6. The largest absolute Gasteiger partial charge is 0.465 e. The van der Waals surface area contributed by atoms with Crippen LogP contribution in [0.4, 0.5) is 0 Å². The van der Waals surface area contributed by atoms with Gasteiger partial charge in [0.05, 0.1) is 18.2 Å². The summed E-state index contributed by atoms with van der Waals surface area (Å²) in [5.74, 6) is 0.536. The molecule has 0 radical (unpaired) electrons. The number of carbonyl (C=O) groups is 1. The lowest BCUT2D eigenvalue weighted by Gasteiger charge is -2.04. The minimum atomic E-state index is -0.365. The van der Waals surface area contributed by atoms with Crippen LogP contribution in [0.1, 0.15) is 15.9 Å². The molecule has 0 spiro atoms. The lowest BCUT2D eigenvalue weighted by molar-refractivity contribution is 0.0600. The van der Waals surface area contributed by atoms with Crippen LogP contribution in [0, 0.1) is 6.92 Å². The number of benzene rings is 2. The van der Waals surface area contributed by atoms with E-state index < -0.39 is 0 Å². The molecule has 1 heterocycles. The average Bonchev–Trinajstić information content (AvgIpc) is 3.04. The first kappa shape index (κ1) is 15.4. The third-order valence-electron chi connectivity index (χ3n) is 3.42. The molecule has 0 aliphatic rings. The number of rotatable bonds is 3. The molecule has 0 saturated carbocycles. The first-order chi connectivity index (χ1) is 11.1. The second kappa shape index (κ2) is 6.34. The van der Waals surface area contributed by atoms with Crippen molar-refractivity contribution in [2.45, 2.75) is 6.92 Å². The van der Waals surface area contributed by atoms with Crippen LogP contribution in [-0.2, 0) is 4.74 Å². The monoisotopic (exact) mass is 372 g/mol. The molecule has 0 atom stereocenters. The van der Waals surface area contributed by atoms with Gasteiger partial charge < -0.3 is 9.26 Å². The summed E-state index contributed by atoms with van der Waals surface area (Å²) in [6, 6.07) is 12.9. The lowest BCUT2D eigenvalue weighted by atomic mass is 10.0. The van der Waals surface area contributed by atoms with E-state index in [9.17, 15) is 4.79 Å². The van der Waals surface area contributed by atoms with E-state index in [2.05, 4.69) is 26.1 Å². The van der Waals surface area contributed by atoms with Crippen LogP contribution in [0.15, 0.2) is 51.5 Å². The first-order valence-corrected chi connectivity index (χ1v) is 7.67. The van der Waals surface area contributed by atoms with Crippen molar-refractivity contribution in [3.8, 4) is 22.8 Å². The summed E-state index contributed by atoms with van der Waals surface area (Å²) in [6.45, 7) is 1.84. The Morgan fingerprint density at radius 1 is 1.22 bits per heavy atom. The molecule has 116 valence electrons. The number of carbonyl (C=O) groups excluding carboxylic acids is 1. The second-order valence-electron chi connectivity index (χ2n) is 4.92. The highest BCUT2D eigenvalue weighted by Gasteiger charge is 2.15. The van der Waals surface area contributed by atoms with Crippen molar-refractivity contribution in [1.82, 2.24) is 10.1 Å². The predicted octanol–water partition coefficient (Wildman–Crippen LogP) is 4.26. The Bertz CT molecular complexity index is 874. The van der Waals surface area contributed by atoms with Crippen LogP contribution < -0.4 is 0 Å². The third kappa shape index (κ3) is 3.03. The van der Waals surface area contributed by atoms with E-state index in [1.54, 1.807) is 12.1 Å². The summed E-state index contributed by atoms with van der Waals surface area (Å²) < 4.78 is 11.0. The van der Waals surface area contributed by atoms with E-state index in [-0.39, 0.29) is 5.97 Å². The van der Waals surface area contributed by atoms with Crippen LogP contribution in [0.5, 0.6) is 0 Å². The maximum Gasteiger partial charge on any atom is 0.338 e. The summed E-state index contributed by atoms with van der Waals surface area (Å²) >= 11 is 3.46. The van der Waals surface area contributed by atoms with Crippen LogP contribution in [0.3, 0.4) is 0 Å².